The van der Waals surface area contributed by atoms with E-state index in [2.05, 4.69) is 10.3 Å². The summed E-state index contributed by atoms with van der Waals surface area (Å²) in [5, 5.41) is 4.12. The van der Waals surface area contributed by atoms with Gasteiger partial charge in [-0.05, 0) is 36.6 Å². The molecule has 0 spiro atoms. The lowest BCUT2D eigenvalue weighted by Crippen LogP contribution is -2.31. The molecule has 1 aliphatic heterocycles. The van der Waals surface area contributed by atoms with Gasteiger partial charge >= 0.3 is 0 Å². The number of halogens is 2. The smallest absolute Gasteiger partial charge is 0.228 e. The highest BCUT2D eigenvalue weighted by Crippen LogP contribution is 2.36. The number of ether oxygens (including phenoxy) is 1. The molecule has 1 aromatic heterocycles. The van der Waals surface area contributed by atoms with E-state index in [1.807, 2.05) is 13.0 Å². The van der Waals surface area contributed by atoms with E-state index < -0.39 is 0 Å². The fourth-order valence-electron chi connectivity index (χ4n) is 2.49. The SMILES string of the molecule is Cc1cc(Cl)cc(Cl)c1CNC(=O)C1CCOc2ncsc21. The molecular formula is C15H14Cl2N2O2S. The molecule has 0 radical (unpaired) electrons. The molecule has 0 saturated heterocycles. The Bertz CT molecular complexity index is 694. The number of hydrogen-bond acceptors (Lipinski definition) is 4. The number of aromatic nitrogens is 1. The van der Waals surface area contributed by atoms with Crippen LogP contribution < -0.4 is 10.1 Å². The second-order valence-electron chi connectivity index (χ2n) is 5.11. The zero-order valence-electron chi connectivity index (χ0n) is 11.9. The Balaban J connectivity index is 1.72. The number of thiazole rings is 1. The third kappa shape index (κ3) is 3.07. The van der Waals surface area contributed by atoms with Gasteiger partial charge in [0, 0.05) is 16.6 Å². The average Bonchev–Trinajstić information content (AvgIpc) is 2.94. The Kier molecular flexibility index (Phi) is 4.57. The van der Waals surface area contributed by atoms with Gasteiger partial charge in [-0.25, -0.2) is 4.98 Å². The van der Waals surface area contributed by atoms with Gasteiger partial charge in [0.15, 0.2) is 0 Å². The van der Waals surface area contributed by atoms with Crippen molar-refractivity contribution in [3.63, 3.8) is 0 Å². The lowest BCUT2D eigenvalue weighted by molar-refractivity contribution is -0.123. The number of hydrogen-bond donors (Lipinski definition) is 1. The molecule has 116 valence electrons. The van der Waals surface area contributed by atoms with Crippen LogP contribution in [0.2, 0.25) is 10.0 Å². The highest BCUT2D eigenvalue weighted by molar-refractivity contribution is 7.10. The molecule has 1 aromatic carbocycles. The van der Waals surface area contributed by atoms with Gasteiger partial charge < -0.3 is 10.1 Å². The minimum Gasteiger partial charge on any atom is -0.477 e. The molecule has 0 bridgehead atoms. The van der Waals surface area contributed by atoms with E-state index in [1.54, 1.807) is 11.6 Å². The summed E-state index contributed by atoms with van der Waals surface area (Å²) < 4.78 is 5.44. The molecule has 2 aromatic rings. The Morgan fingerprint density at radius 2 is 2.32 bits per heavy atom. The monoisotopic (exact) mass is 356 g/mol. The first-order valence-electron chi connectivity index (χ1n) is 6.84. The number of carbonyl (C=O) groups excluding carboxylic acids is 1. The fraction of sp³-hybridized carbons (Fsp3) is 0.333. The number of carbonyl (C=O) groups is 1. The minimum absolute atomic E-state index is 0.0285. The summed E-state index contributed by atoms with van der Waals surface area (Å²) >= 11 is 13.6. The topological polar surface area (TPSA) is 51.2 Å². The van der Waals surface area contributed by atoms with Gasteiger partial charge in [0.1, 0.15) is 0 Å². The Labute approximate surface area is 142 Å². The summed E-state index contributed by atoms with van der Waals surface area (Å²) in [7, 11) is 0. The van der Waals surface area contributed by atoms with Crippen molar-refractivity contribution in [2.75, 3.05) is 6.61 Å². The molecular weight excluding hydrogens is 343 g/mol. The number of amides is 1. The van der Waals surface area contributed by atoms with Crippen LogP contribution in [0.25, 0.3) is 0 Å². The Hall–Kier alpha value is -1.30. The number of nitrogens with zero attached hydrogens (tertiary/aromatic N) is 1. The van der Waals surface area contributed by atoms with Crippen LogP contribution in [0.15, 0.2) is 17.6 Å². The highest BCUT2D eigenvalue weighted by Gasteiger charge is 2.30. The van der Waals surface area contributed by atoms with Crippen molar-refractivity contribution >= 4 is 40.4 Å². The number of benzene rings is 1. The Morgan fingerprint density at radius 3 is 3.09 bits per heavy atom. The first kappa shape index (κ1) is 15.6. The van der Waals surface area contributed by atoms with Crippen LogP contribution >= 0.6 is 34.5 Å². The quantitative estimate of drug-likeness (QED) is 0.905. The fourth-order valence-corrected chi connectivity index (χ4v) is 4.02. The maximum atomic E-state index is 12.5. The first-order valence-corrected chi connectivity index (χ1v) is 8.48. The second-order valence-corrected chi connectivity index (χ2v) is 6.84. The van der Waals surface area contributed by atoms with Gasteiger partial charge in [0.2, 0.25) is 11.8 Å². The van der Waals surface area contributed by atoms with Gasteiger partial charge in [-0.2, -0.15) is 0 Å². The van der Waals surface area contributed by atoms with Crippen molar-refractivity contribution in [2.24, 2.45) is 0 Å². The van der Waals surface area contributed by atoms with Gasteiger partial charge in [-0.3, -0.25) is 4.79 Å². The van der Waals surface area contributed by atoms with Crippen molar-refractivity contribution in [1.29, 1.82) is 0 Å². The maximum Gasteiger partial charge on any atom is 0.228 e. The standard InChI is InChI=1S/C15H14Cl2N2O2S/c1-8-4-9(16)5-12(17)11(8)6-18-14(20)10-2-3-21-15-13(10)22-7-19-15/h4-5,7,10H,2-3,6H2,1H3,(H,18,20). The van der Waals surface area contributed by atoms with E-state index >= 15 is 0 Å². The molecule has 1 atom stereocenters. The summed E-state index contributed by atoms with van der Waals surface area (Å²) in [5.41, 5.74) is 3.55. The molecule has 1 N–H and O–H groups in total. The molecule has 0 fully saturated rings. The maximum absolute atomic E-state index is 12.5. The Morgan fingerprint density at radius 1 is 1.50 bits per heavy atom. The molecule has 1 unspecified atom stereocenters. The van der Waals surface area contributed by atoms with Crippen LogP contribution in [0.5, 0.6) is 5.88 Å². The van der Waals surface area contributed by atoms with Gasteiger partial charge in [-0.1, -0.05) is 23.2 Å². The van der Waals surface area contributed by atoms with Crippen molar-refractivity contribution in [2.45, 2.75) is 25.8 Å². The molecule has 7 heteroatoms. The van der Waals surface area contributed by atoms with Crippen LogP contribution in [0.1, 0.15) is 28.3 Å². The lowest BCUT2D eigenvalue weighted by atomic mass is 10.0. The van der Waals surface area contributed by atoms with Gasteiger partial charge in [0.25, 0.3) is 0 Å². The number of aryl methyl sites for hydroxylation is 1. The van der Waals surface area contributed by atoms with E-state index in [0.717, 1.165) is 16.0 Å². The number of nitrogens with one attached hydrogen (secondary N) is 1. The zero-order valence-corrected chi connectivity index (χ0v) is 14.2. The summed E-state index contributed by atoms with van der Waals surface area (Å²) in [6.07, 6.45) is 0.661. The summed E-state index contributed by atoms with van der Waals surface area (Å²) in [4.78, 5) is 17.5. The third-order valence-corrected chi connectivity index (χ3v) is 5.14. The highest BCUT2D eigenvalue weighted by atomic mass is 35.5. The summed E-state index contributed by atoms with van der Waals surface area (Å²) in [6.45, 7) is 2.82. The van der Waals surface area contributed by atoms with Gasteiger partial charge in [0.05, 0.1) is 22.9 Å². The van der Waals surface area contributed by atoms with Crippen LogP contribution in [-0.2, 0) is 11.3 Å². The minimum atomic E-state index is -0.206. The summed E-state index contributed by atoms with van der Waals surface area (Å²) in [5.74, 6) is 0.346. The molecule has 3 rings (SSSR count). The average molecular weight is 357 g/mol. The van der Waals surface area contributed by atoms with E-state index in [1.165, 1.54) is 11.3 Å². The predicted octanol–water partition coefficient (Wildman–Crippen LogP) is 3.94. The molecule has 0 aliphatic carbocycles. The molecule has 1 amide bonds. The first-order chi connectivity index (χ1) is 10.6. The molecule has 0 saturated carbocycles. The molecule has 2 heterocycles. The zero-order chi connectivity index (χ0) is 15.7. The third-order valence-electron chi connectivity index (χ3n) is 3.66. The van der Waals surface area contributed by atoms with Crippen LogP contribution in [-0.4, -0.2) is 17.5 Å². The van der Waals surface area contributed by atoms with Crippen molar-refractivity contribution in [3.05, 3.63) is 43.7 Å². The van der Waals surface area contributed by atoms with Crippen LogP contribution in [0.4, 0.5) is 0 Å². The van der Waals surface area contributed by atoms with Crippen molar-refractivity contribution in [3.8, 4) is 5.88 Å². The normalized spacial score (nSPS) is 16.8. The van der Waals surface area contributed by atoms with E-state index in [-0.39, 0.29) is 11.8 Å². The van der Waals surface area contributed by atoms with Crippen molar-refractivity contribution in [1.82, 2.24) is 10.3 Å². The molecule has 1 aliphatic rings. The molecule has 4 nitrogen and oxygen atoms in total. The second kappa shape index (κ2) is 6.44. The van der Waals surface area contributed by atoms with Gasteiger partial charge in [-0.15, -0.1) is 11.3 Å². The van der Waals surface area contributed by atoms with Crippen LogP contribution in [0.3, 0.4) is 0 Å². The van der Waals surface area contributed by atoms with E-state index in [0.29, 0.717) is 35.5 Å². The number of rotatable bonds is 3. The van der Waals surface area contributed by atoms with E-state index in [9.17, 15) is 4.79 Å². The van der Waals surface area contributed by atoms with Crippen molar-refractivity contribution < 1.29 is 9.53 Å². The predicted molar refractivity (Wildman–Crippen MR) is 88.0 cm³/mol. The number of fused-ring (bicyclic) bond motifs is 1. The van der Waals surface area contributed by atoms with Crippen LogP contribution in [0, 0.1) is 6.92 Å². The summed E-state index contributed by atoms with van der Waals surface area (Å²) in [6, 6.07) is 3.53. The lowest BCUT2D eigenvalue weighted by Gasteiger charge is -2.21. The van der Waals surface area contributed by atoms with E-state index in [4.69, 9.17) is 27.9 Å². The molecule has 22 heavy (non-hydrogen) atoms. The largest absolute Gasteiger partial charge is 0.477 e.